The Bertz CT molecular complexity index is 788. The van der Waals surface area contributed by atoms with E-state index in [9.17, 15) is 14.7 Å². The molecule has 0 aliphatic carbocycles. The molecule has 0 saturated carbocycles. The van der Waals surface area contributed by atoms with E-state index in [1.807, 2.05) is 6.92 Å². The van der Waals surface area contributed by atoms with Crippen molar-refractivity contribution >= 4 is 23.6 Å². The van der Waals surface area contributed by atoms with Crippen LogP contribution in [0.25, 0.3) is 0 Å². The second kappa shape index (κ2) is 6.66. The van der Waals surface area contributed by atoms with Gasteiger partial charge in [-0.3, -0.25) is 9.69 Å². The molecule has 1 saturated heterocycles. The smallest absolute Gasteiger partial charge is 0.328 e. The number of hydrogen-bond acceptors (Lipinski definition) is 7. The van der Waals surface area contributed by atoms with Crippen LogP contribution in [0.15, 0.2) is 34.4 Å². The number of nitrogens with zero attached hydrogens (tertiary/aromatic N) is 5. The molecule has 0 aromatic heterocycles. The first-order chi connectivity index (χ1) is 12.3. The number of rotatable bonds is 3. The van der Waals surface area contributed by atoms with E-state index in [1.54, 1.807) is 50.2 Å². The van der Waals surface area contributed by atoms with Crippen LogP contribution in [-0.4, -0.2) is 76.3 Å². The van der Waals surface area contributed by atoms with Crippen LogP contribution in [0.1, 0.15) is 19.4 Å². The van der Waals surface area contributed by atoms with Crippen molar-refractivity contribution in [2.45, 2.75) is 26.1 Å². The fourth-order valence-corrected chi connectivity index (χ4v) is 3.07. The number of carbonyl (C=O) groups is 2. The lowest BCUT2D eigenvalue weighted by atomic mass is 10.1. The summed E-state index contributed by atoms with van der Waals surface area (Å²) in [7, 11) is 3.39. The molecule has 2 unspecified atom stereocenters. The molecule has 0 bridgehead atoms. The van der Waals surface area contributed by atoms with Crippen molar-refractivity contribution in [2.75, 3.05) is 20.6 Å². The van der Waals surface area contributed by atoms with Crippen molar-refractivity contribution < 1.29 is 14.7 Å². The third-order valence-corrected chi connectivity index (χ3v) is 4.66. The average Bonchev–Trinajstić information content (AvgIpc) is 2.96. The molecule has 3 rings (SSSR count). The van der Waals surface area contributed by atoms with Gasteiger partial charge < -0.3 is 14.9 Å². The molecule has 0 radical (unpaired) electrons. The molecule has 1 aromatic carbocycles. The molecule has 3 amide bonds. The van der Waals surface area contributed by atoms with Crippen molar-refractivity contribution in [1.82, 2.24) is 20.1 Å². The first-order valence-corrected chi connectivity index (χ1v) is 8.33. The summed E-state index contributed by atoms with van der Waals surface area (Å²) < 4.78 is 0. The van der Waals surface area contributed by atoms with Gasteiger partial charge in [0.15, 0.2) is 12.2 Å². The molecule has 1 aromatic rings. The van der Waals surface area contributed by atoms with Crippen LogP contribution in [0, 0.1) is 0 Å². The third kappa shape index (κ3) is 2.85. The van der Waals surface area contributed by atoms with Gasteiger partial charge >= 0.3 is 6.03 Å². The first kappa shape index (κ1) is 17.7. The van der Waals surface area contributed by atoms with Crippen molar-refractivity contribution in [3.63, 3.8) is 0 Å². The molecule has 138 valence electrons. The second-order valence-electron chi connectivity index (χ2n) is 6.25. The number of guanidine groups is 1. The quantitative estimate of drug-likeness (QED) is 0.609. The number of fused-ring (bicyclic) bond motifs is 1. The standard InChI is InChI=1S/C17H22N6O3/c1-5-23-15(25)13-14(22(4)17(23)26)18-16(21(13)3)20-19-10(2)11-6-8-12(24)9-7-11/h6-9,13-14,24H,5H2,1-4H3,(H,18,20)/b19-10+. The Labute approximate surface area is 151 Å². The zero-order valence-electron chi connectivity index (χ0n) is 15.2. The molecule has 2 atom stereocenters. The molecule has 26 heavy (non-hydrogen) atoms. The number of phenolic OH excluding ortho intramolecular Hbond substituents is 1. The number of hydrogen-bond donors (Lipinski definition) is 2. The van der Waals surface area contributed by atoms with Gasteiger partial charge in [0, 0.05) is 20.6 Å². The Balaban J connectivity index is 1.80. The van der Waals surface area contributed by atoms with Gasteiger partial charge in [0.05, 0.1) is 5.71 Å². The Morgan fingerprint density at radius 1 is 1.23 bits per heavy atom. The van der Waals surface area contributed by atoms with E-state index in [0.29, 0.717) is 18.2 Å². The lowest BCUT2D eigenvalue weighted by Gasteiger charge is -2.39. The van der Waals surface area contributed by atoms with E-state index < -0.39 is 12.2 Å². The second-order valence-corrected chi connectivity index (χ2v) is 6.25. The number of aromatic hydroxyl groups is 1. The predicted molar refractivity (Wildman–Crippen MR) is 96.8 cm³/mol. The molecule has 2 N–H and O–H groups in total. The van der Waals surface area contributed by atoms with Crippen LogP contribution in [0.4, 0.5) is 4.79 Å². The first-order valence-electron chi connectivity index (χ1n) is 8.33. The Kier molecular flexibility index (Phi) is 4.54. The highest BCUT2D eigenvalue weighted by Crippen LogP contribution is 2.25. The number of likely N-dealkylation sites (N-methyl/N-ethyl adjacent to an activating group) is 3. The van der Waals surface area contributed by atoms with Gasteiger partial charge in [-0.15, -0.1) is 0 Å². The number of aliphatic imine (C=N–C) groups is 1. The molecular weight excluding hydrogens is 336 g/mol. The number of phenols is 1. The maximum Gasteiger partial charge on any atom is 0.328 e. The van der Waals surface area contributed by atoms with Gasteiger partial charge in [0.25, 0.3) is 5.91 Å². The maximum absolute atomic E-state index is 12.6. The molecule has 9 heteroatoms. The highest BCUT2D eigenvalue weighted by molar-refractivity contribution is 6.04. The predicted octanol–water partition coefficient (Wildman–Crippen LogP) is 0.616. The number of hydrazone groups is 1. The van der Waals surface area contributed by atoms with Gasteiger partial charge in [-0.25, -0.2) is 15.2 Å². The minimum Gasteiger partial charge on any atom is -0.508 e. The normalized spacial score (nSPS) is 23.3. The van der Waals surface area contributed by atoms with Crippen LogP contribution in [0.3, 0.4) is 0 Å². The van der Waals surface area contributed by atoms with E-state index >= 15 is 0 Å². The lowest BCUT2D eigenvalue weighted by Crippen LogP contribution is -2.64. The molecule has 9 nitrogen and oxygen atoms in total. The van der Waals surface area contributed by atoms with Gasteiger partial charge in [-0.1, -0.05) is 0 Å². The summed E-state index contributed by atoms with van der Waals surface area (Å²) in [6.07, 6.45) is -0.575. The highest BCUT2D eigenvalue weighted by atomic mass is 16.3. The molecule has 2 aliphatic rings. The van der Waals surface area contributed by atoms with E-state index in [-0.39, 0.29) is 17.7 Å². The summed E-state index contributed by atoms with van der Waals surface area (Å²) in [6.45, 7) is 3.91. The summed E-state index contributed by atoms with van der Waals surface area (Å²) in [5.74, 6) is 0.345. The number of urea groups is 1. The van der Waals surface area contributed by atoms with Crippen molar-refractivity contribution in [1.29, 1.82) is 0 Å². The Hall–Kier alpha value is -3.10. The number of benzene rings is 1. The summed E-state index contributed by atoms with van der Waals surface area (Å²) >= 11 is 0. The van der Waals surface area contributed by atoms with E-state index in [1.165, 1.54) is 9.80 Å². The van der Waals surface area contributed by atoms with E-state index in [4.69, 9.17) is 0 Å². The average molecular weight is 358 g/mol. The van der Waals surface area contributed by atoms with Crippen LogP contribution in [0.2, 0.25) is 0 Å². The van der Waals surface area contributed by atoms with Crippen LogP contribution in [-0.2, 0) is 4.79 Å². The van der Waals surface area contributed by atoms with Gasteiger partial charge in [0.2, 0.25) is 5.96 Å². The van der Waals surface area contributed by atoms with E-state index in [0.717, 1.165) is 5.56 Å². The largest absolute Gasteiger partial charge is 0.508 e. The SMILES string of the molecule is CCN1C(=O)C2C(N=C(N/N=C(\C)c3ccc(O)cc3)N2C)N(C)C1=O. The molecule has 2 heterocycles. The fourth-order valence-electron chi connectivity index (χ4n) is 3.07. The van der Waals surface area contributed by atoms with Crippen LogP contribution < -0.4 is 5.43 Å². The third-order valence-electron chi connectivity index (χ3n) is 4.66. The number of carbonyl (C=O) groups excluding carboxylic acids is 2. The highest BCUT2D eigenvalue weighted by Gasteiger charge is 2.50. The van der Waals surface area contributed by atoms with E-state index in [2.05, 4.69) is 15.5 Å². The van der Waals surface area contributed by atoms with Crippen LogP contribution >= 0.6 is 0 Å². The van der Waals surface area contributed by atoms with Crippen molar-refractivity contribution in [3.05, 3.63) is 29.8 Å². The van der Waals surface area contributed by atoms with Crippen molar-refractivity contribution in [2.24, 2.45) is 10.1 Å². The van der Waals surface area contributed by atoms with Gasteiger partial charge in [-0.05, 0) is 43.7 Å². The zero-order valence-corrected chi connectivity index (χ0v) is 15.2. The number of imide groups is 1. The minimum atomic E-state index is -0.575. The van der Waals surface area contributed by atoms with Crippen LogP contribution in [0.5, 0.6) is 5.75 Å². The molecule has 0 spiro atoms. The topological polar surface area (TPSA) is 101 Å². The number of amides is 3. The zero-order chi connectivity index (χ0) is 19.0. The fraction of sp³-hybridized carbons (Fsp3) is 0.412. The summed E-state index contributed by atoms with van der Waals surface area (Å²) in [5, 5.41) is 13.7. The van der Waals surface area contributed by atoms with Crippen molar-refractivity contribution in [3.8, 4) is 5.75 Å². The summed E-state index contributed by atoms with van der Waals surface area (Å²) in [4.78, 5) is 33.8. The Morgan fingerprint density at radius 2 is 1.88 bits per heavy atom. The summed E-state index contributed by atoms with van der Waals surface area (Å²) in [5.41, 5.74) is 4.42. The van der Waals surface area contributed by atoms with Gasteiger partial charge in [-0.2, -0.15) is 5.10 Å². The molecular formula is C17H22N6O3. The maximum atomic E-state index is 12.6. The lowest BCUT2D eigenvalue weighted by molar-refractivity contribution is -0.136. The monoisotopic (exact) mass is 358 g/mol. The molecule has 2 aliphatic heterocycles. The van der Waals surface area contributed by atoms with Gasteiger partial charge in [0.1, 0.15) is 5.75 Å². The Morgan fingerprint density at radius 3 is 2.50 bits per heavy atom. The summed E-state index contributed by atoms with van der Waals surface area (Å²) in [6, 6.07) is 5.77. The minimum absolute atomic E-state index is 0.185. The number of nitrogens with one attached hydrogen (secondary N) is 1. The molecule has 1 fully saturated rings.